The van der Waals surface area contributed by atoms with Crippen molar-refractivity contribution < 1.29 is 0 Å². The summed E-state index contributed by atoms with van der Waals surface area (Å²) in [6, 6.07) is 15.2. The Hall–Kier alpha value is -1.75. The molecule has 0 aliphatic carbocycles. The van der Waals surface area contributed by atoms with Crippen LogP contribution in [0.2, 0.25) is 0 Å². The van der Waals surface area contributed by atoms with Gasteiger partial charge in [-0.25, -0.2) is 0 Å². The van der Waals surface area contributed by atoms with Gasteiger partial charge in [0, 0.05) is 58.2 Å². The number of hydrogen-bond donors (Lipinski definition) is 0. The van der Waals surface area contributed by atoms with E-state index in [9.17, 15) is 0 Å². The monoisotopic (exact) mass is 308 g/mol. The largest absolute Gasteiger partial charge is 0.297 e. The molecule has 4 nitrogen and oxygen atoms in total. The van der Waals surface area contributed by atoms with Gasteiger partial charge < -0.3 is 0 Å². The molecule has 2 aromatic rings. The molecule has 0 amide bonds. The number of aromatic nitrogens is 1. The zero-order valence-corrected chi connectivity index (χ0v) is 13.5. The van der Waals surface area contributed by atoms with Crippen molar-refractivity contribution in [2.45, 2.75) is 12.7 Å². The Morgan fingerprint density at radius 1 is 0.783 bits per heavy atom. The first-order chi connectivity index (χ1) is 11.4. The molecule has 2 bridgehead atoms. The highest BCUT2D eigenvalue weighted by molar-refractivity contribution is 5.20. The average Bonchev–Trinajstić information content (AvgIpc) is 3.03. The van der Waals surface area contributed by atoms with Crippen LogP contribution in [-0.4, -0.2) is 59.0 Å². The Bertz CT molecular complexity index is 600. The summed E-state index contributed by atoms with van der Waals surface area (Å²) in [5.41, 5.74) is 2.80. The van der Waals surface area contributed by atoms with Crippen molar-refractivity contribution >= 4 is 0 Å². The van der Waals surface area contributed by atoms with E-state index in [0.717, 1.165) is 32.7 Å². The van der Waals surface area contributed by atoms with Crippen LogP contribution in [0.1, 0.15) is 17.3 Å². The van der Waals surface area contributed by atoms with Crippen molar-refractivity contribution in [1.29, 1.82) is 0 Å². The molecule has 4 heteroatoms. The van der Waals surface area contributed by atoms with E-state index in [-0.39, 0.29) is 0 Å². The van der Waals surface area contributed by atoms with E-state index in [1.54, 1.807) is 0 Å². The molecular weight excluding hydrogens is 284 g/mol. The highest BCUT2D eigenvalue weighted by Gasteiger charge is 2.34. The number of pyridine rings is 1. The summed E-state index contributed by atoms with van der Waals surface area (Å²) in [4.78, 5) is 12.0. The second-order valence-corrected chi connectivity index (χ2v) is 6.49. The molecule has 0 saturated carbocycles. The molecule has 2 atom stereocenters. The summed E-state index contributed by atoms with van der Waals surface area (Å²) in [7, 11) is 0. The molecule has 2 aliphatic rings. The molecule has 4 rings (SSSR count). The zero-order chi connectivity index (χ0) is 15.5. The minimum Gasteiger partial charge on any atom is -0.297 e. The van der Waals surface area contributed by atoms with Crippen molar-refractivity contribution in [1.82, 2.24) is 19.7 Å². The third-order valence-corrected chi connectivity index (χ3v) is 5.03. The van der Waals surface area contributed by atoms with Crippen LogP contribution < -0.4 is 0 Å². The standard InChI is InChI=1S/C19H24N4/c1-2-4-18(5-3-1)19-22-12-10-21(11-13-23(19)15-14-22)16-17-6-8-20-9-7-17/h1-9,19H,10-16H2. The lowest BCUT2D eigenvalue weighted by atomic mass is 10.1. The van der Waals surface area contributed by atoms with Gasteiger partial charge >= 0.3 is 0 Å². The van der Waals surface area contributed by atoms with Crippen LogP contribution >= 0.6 is 0 Å². The summed E-state index contributed by atoms with van der Waals surface area (Å²) in [5, 5.41) is 0. The van der Waals surface area contributed by atoms with Gasteiger partial charge in [0.25, 0.3) is 0 Å². The first kappa shape index (κ1) is 14.8. The number of rotatable bonds is 3. The van der Waals surface area contributed by atoms with Crippen molar-refractivity contribution in [2.75, 3.05) is 39.3 Å². The van der Waals surface area contributed by atoms with Crippen molar-refractivity contribution in [2.24, 2.45) is 0 Å². The lowest BCUT2D eigenvalue weighted by molar-refractivity contribution is 0.0807. The lowest BCUT2D eigenvalue weighted by Gasteiger charge is -2.36. The first-order valence-electron chi connectivity index (χ1n) is 8.54. The van der Waals surface area contributed by atoms with Gasteiger partial charge in [0.05, 0.1) is 6.17 Å². The van der Waals surface area contributed by atoms with E-state index >= 15 is 0 Å². The molecule has 2 unspecified atom stereocenters. The molecule has 23 heavy (non-hydrogen) atoms. The Labute approximate surface area is 138 Å². The highest BCUT2D eigenvalue weighted by Crippen LogP contribution is 2.30. The third-order valence-electron chi connectivity index (χ3n) is 5.03. The predicted molar refractivity (Wildman–Crippen MR) is 91.8 cm³/mol. The van der Waals surface area contributed by atoms with E-state index in [4.69, 9.17) is 0 Å². The fourth-order valence-corrected chi connectivity index (χ4v) is 3.80. The first-order valence-corrected chi connectivity index (χ1v) is 8.54. The van der Waals surface area contributed by atoms with Crippen LogP contribution in [0.5, 0.6) is 0 Å². The minimum absolute atomic E-state index is 0.472. The molecule has 0 spiro atoms. The molecule has 1 aromatic heterocycles. The van der Waals surface area contributed by atoms with Gasteiger partial charge in [0.2, 0.25) is 0 Å². The molecule has 0 radical (unpaired) electrons. The van der Waals surface area contributed by atoms with Crippen LogP contribution in [0.15, 0.2) is 54.9 Å². The summed E-state index contributed by atoms with van der Waals surface area (Å²) in [6.45, 7) is 7.95. The maximum absolute atomic E-state index is 4.11. The lowest BCUT2D eigenvalue weighted by Crippen LogP contribution is -2.43. The number of hydrogen-bond acceptors (Lipinski definition) is 4. The highest BCUT2D eigenvalue weighted by atomic mass is 15.4. The maximum Gasteiger partial charge on any atom is 0.0887 e. The molecule has 2 fully saturated rings. The van der Waals surface area contributed by atoms with Crippen LogP contribution in [0.3, 0.4) is 0 Å². The third kappa shape index (κ3) is 3.29. The Morgan fingerprint density at radius 3 is 2.04 bits per heavy atom. The fraction of sp³-hybridized carbons (Fsp3) is 0.421. The quantitative estimate of drug-likeness (QED) is 0.867. The fourth-order valence-electron chi connectivity index (χ4n) is 3.80. The van der Waals surface area contributed by atoms with E-state index in [1.165, 1.54) is 24.2 Å². The molecule has 3 heterocycles. The summed E-state index contributed by atoms with van der Waals surface area (Å²) in [5.74, 6) is 0. The van der Waals surface area contributed by atoms with Gasteiger partial charge in [-0.1, -0.05) is 30.3 Å². The van der Waals surface area contributed by atoms with E-state index in [0.29, 0.717) is 6.17 Å². The molecular formula is C19H24N4. The van der Waals surface area contributed by atoms with Gasteiger partial charge in [-0.15, -0.1) is 0 Å². The van der Waals surface area contributed by atoms with Crippen LogP contribution in [0.25, 0.3) is 0 Å². The molecule has 0 N–H and O–H groups in total. The van der Waals surface area contributed by atoms with Gasteiger partial charge in [-0.3, -0.25) is 19.7 Å². The summed E-state index contributed by atoms with van der Waals surface area (Å²) >= 11 is 0. The van der Waals surface area contributed by atoms with Gasteiger partial charge in [-0.05, 0) is 23.3 Å². The van der Waals surface area contributed by atoms with Gasteiger partial charge in [-0.2, -0.15) is 0 Å². The Kier molecular flexibility index (Phi) is 4.37. The summed E-state index contributed by atoms with van der Waals surface area (Å²) < 4.78 is 0. The van der Waals surface area contributed by atoms with Crippen LogP contribution in [-0.2, 0) is 6.54 Å². The van der Waals surface area contributed by atoms with Gasteiger partial charge in [0.15, 0.2) is 0 Å². The maximum atomic E-state index is 4.11. The van der Waals surface area contributed by atoms with Crippen LogP contribution in [0, 0.1) is 0 Å². The minimum atomic E-state index is 0.472. The van der Waals surface area contributed by atoms with E-state index in [2.05, 4.69) is 62.1 Å². The smallest absolute Gasteiger partial charge is 0.0887 e. The van der Waals surface area contributed by atoms with Crippen molar-refractivity contribution in [3.8, 4) is 0 Å². The Balaban J connectivity index is 1.46. The van der Waals surface area contributed by atoms with E-state index < -0.39 is 0 Å². The normalized spacial score (nSPS) is 28.3. The number of fused-ring (bicyclic) bond motifs is 2. The van der Waals surface area contributed by atoms with Crippen molar-refractivity contribution in [3.05, 3.63) is 66.0 Å². The van der Waals surface area contributed by atoms with Crippen LogP contribution in [0.4, 0.5) is 0 Å². The van der Waals surface area contributed by atoms with Gasteiger partial charge in [0.1, 0.15) is 0 Å². The zero-order valence-electron chi connectivity index (χ0n) is 13.5. The molecule has 2 saturated heterocycles. The molecule has 120 valence electrons. The second-order valence-electron chi connectivity index (χ2n) is 6.49. The second kappa shape index (κ2) is 6.79. The van der Waals surface area contributed by atoms with Crippen molar-refractivity contribution in [3.63, 3.8) is 0 Å². The number of benzene rings is 1. The predicted octanol–water partition coefficient (Wildman–Crippen LogP) is 2.21. The topological polar surface area (TPSA) is 22.6 Å². The SMILES string of the molecule is c1ccc(C2N3CCN(Cc4ccncc4)CCN2CC3)cc1. The molecule has 1 aromatic carbocycles. The molecule has 2 aliphatic heterocycles. The van der Waals surface area contributed by atoms with E-state index in [1.807, 2.05) is 12.4 Å². The Morgan fingerprint density at radius 2 is 1.39 bits per heavy atom. The average molecular weight is 308 g/mol. The summed E-state index contributed by atoms with van der Waals surface area (Å²) in [6.07, 6.45) is 4.25. The number of nitrogens with zero attached hydrogens (tertiary/aromatic N) is 4.